The number of aromatic nitrogens is 1. The van der Waals surface area contributed by atoms with Crippen LogP contribution in [0.3, 0.4) is 0 Å². The van der Waals surface area contributed by atoms with Gasteiger partial charge in [-0.25, -0.2) is 9.37 Å². The van der Waals surface area contributed by atoms with E-state index in [1.165, 1.54) is 12.1 Å². The first-order chi connectivity index (χ1) is 10.7. The SMILES string of the molecule is OCC1CCN(Cc2csc(COc3ccc(F)cc3)n2)C1. The van der Waals surface area contributed by atoms with Crippen molar-refractivity contribution in [2.45, 2.75) is 19.6 Å². The Morgan fingerprint density at radius 1 is 1.36 bits per heavy atom. The molecule has 0 spiro atoms. The van der Waals surface area contributed by atoms with E-state index >= 15 is 0 Å². The second-order valence-corrected chi connectivity index (χ2v) is 6.49. The molecular weight excluding hydrogens is 303 g/mol. The highest BCUT2D eigenvalue weighted by molar-refractivity contribution is 7.09. The summed E-state index contributed by atoms with van der Waals surface area (Å²) < 4.78 is 18.4. The van der Waals surface area contributed by atoms with Gasteiger partial charge >= 0.3 is 0 Å². The third kappa shape index (κ3) is 4.03. The molecule has 1 fully saturated rings. The van der Waals surface area contributed by atoms with Crippen molar-refractivity contribution in [3.05, 3.63) is 46.2 Å². The van der Waals surface area contributed by atoms with Crippen molar-refractivity contribution in [2.24, 2.45) is 5.92 Å². The molecule has 1 atom stereocenters. The fourth-order valence-corrected chi connectivity index (χ4v) is 3.29. The average molecular weight is 322 g/mol. The molecule has 1 aliphatic heterocycles. The summed E-state index contributed by atoms with van der Waals surface area (Å²) in [6.07, 6.45) is 1.06. The van der Waals surface area contributed by atoms with Crippen molar-refractivity contribution in [1.29, 1.82) is 0 Å². The second-order valence-electron chi connectivity index (χ2n) is 5.55. The molecule has 1 aromatic heterocycles. The lowest BCUT2D eigenvalue weighted by atomic mass is 10.1. The number of thiazole rings is 1. The first kappa shape index (κ1) is 15.4. The Balaban J connectivity index is 1.50. The number of aliphatic hydroxyl groups is 1. The van der Waals surface area contributed by atoms with Crippen LogP contribution in [0, 0.1) is 11.7 Å². The minimum absolute atomic E-state index is 0.268. The quantitative estimate of drug-likeness (QED) is 0.888. The Morgan fingerprint density at radius 3 is 2.91 bits per heavy atom. The molecule has 22 heavy (non-hydrogen) atoms. The number of hydrogen-bond acceptors (Lipinski definition) is 5. The number of rotatable bonds is 6. The van der Waals surface area contributed by atoms with Crippen LogP contribution in [0.2, 0.25) is 0 Å². The van der Waals surface area contributed by atoms with E-state index in [4.69, 9.17) is 9.84 Å². The van der Waals surface area contributed by atoms with Crippen LogP contribution in [0.15, 0.2) is 29.6 Å². The fourth-order valence-electron chi connectivity index (χ4n) is 2.60. The molecule has 1 unspecified atom stereocenters. The van der Waals surface area contributed by atoms with Gasteiger partial charge in [-0.1, -0.05) is 0 Å². The van der Waals surface area contributed by atoms with Gasteiger partial charge in [-0.2, -0.15) is 0 Å². The molecule has 3 rings (SSSR count). The summed E-state index contributed by atoms with van der Waals surface area (Å²) in [5.74, 6) is 0.777. The van der Waals surface area contributed by atoms with Gasteiger partial charge < -0.3 is 9.84 Å². The van der Waals surface area contributed by atoms with Crippen LogP contribution < -0.4 is 4.74 Å². The molecule has 2 aromatic rings. The summed E-state index contributed by atoms with van der Waals surface area (Å²) in [5, 5.41) is 12.1. The zero-order chi connectivity index (χ0) is 15.4. The van der Waals surface area contributed by atoms with E-state index in [1.54, 1.807) is 23.5 Å². The van der Waals surface area contributed by atoms with E-state index in [2.05, 4.69) is 15.3 Å². The van der Waals surface area contributed by atoms with E-state index in [1.807, 2.05) is 0 Å². The third-order valence-electron chi connectivity index (χ3n) is 3.79. The zero-order valence-electron chi connectivity index (χ0n) is 12.2. The Hall–Kier alpha value is -1.50. The highest BCUT2D eigenvalue weighted by Gasteiger charge is 2.22. The molecule has 1 N–H and O–H groups in total. The van der Waals surface area contributed by atoms with Crippen LogP contribution in [-0.2, 0) is 13.2 Å². The van der Waals surface area contributed by atoms with Gasteiger partial charge in [0.15, 0.2) is 0 Å². The van der Waals surface area contributed by atoms with Crippen LogP contribution in [0.1, 0.15) is 17.1 Å². The summed E-state index contributed by atoms with van der Waals surface area (Å²) in [5.41, 5.74) is 1.04. The lowest BCUT2D eigenvalue weighted by Gasteiger charge is -2.13. The first-order valence-electron chi connectivity index (χ1n) is 7.38. The zero-order valence-corrected chi connectivity index (χ0v) is 13.1. The number of nitrogens with zero attached hydrogens (tertiary/aromatic N) is 2. The van der Waals surface area contributed by atoms with Crippen LogP contribution >= 0.6 is 11.3 Å². The molecule has 4 nitrogen and oxygen atoms in total. The van der Waals surface area contributed by atoms with Crippen LogP contribution in [-0.4, -0.2) is 34.7 Å². The van der Waals surface area contributed by atoms with Gasteiger partial charge in [0.1, 0.15) is 23.2 Å². The predicted octanol–water partition coefficient (Wildman–Crippen LogP) is 2.68. The largest absolute Gasteiger partial charge is 0.486 e. The van der Waals surface area contributed by atoms with Gasteiger partial charge in [0.25, 0.3) is 0 Å². The first-order valence-corrected chi connectivity index (χ1v) is 8.26. The molecule has 2 heterocycles. The average Bonchev–Trinajstić information content (AvgIpc) is 3.16. The fraction of sp³-hybridized carbons (Fsp3) is 0.438. The molecular formula is C16H19FN2O2S. The van der Waals surface area contributed by atoms with E-state index in [-0.39, 0.29) is 12.4 Å². The Morgan fingerprint density at radius 2 is 2.18 bits per heavy atom. The van der Waals surface area contributed by atoms with Crippen molar-refractivity contribution in [3.63, 3.8) is 0 Å². The van der Waals surface area contributed by atoms with Crippen molar-refractivity contribution in [2.75, 3.05) is 19.7 Å². The minimum Gasteiger partial charge on any atom is -0.486 e. The van der Waals surface area contributed by atoms with Crippen LogP contribution in [0.5, 0.6) is 5.75 Å². The highest BCUT2D eigenvalue weighted by Crippen LogP contribution is 2.20. The molecule has 1 saturated heterocycles. The lowest BCUT2D eigenvalue weighted by molar-refractivity contribution is 0.219. The molecule has 6 heteroatoms. The molecule has 1 aromatic carbocycles. The maximum absolute atomic E-state index is 12.8. The Kier molecular flexibility index (Phi) is 5.02. The summed E-state index contributed by atoms with van der Waals surface area (Å²) in [7, 11) is 0. The Bertz CT molecular complexity index is 602. The second kappa shape index (κ2) is 7.17. The summed E-state index contributed by atoms with van der Waals surface area (Å²) >= 11 is 1.58. The number of ether oxygens (including phenoxy) is 1. The number of halogens is 1. The summed E-state index contributed by atoms with van der Waals surface area (Å²) in [6.45, 7) is 3.45. The Labute approximate surface area is 133 Å². The minimum atomic E-state index is -0.268. The molecule has 0 saturated carbocycles. The van der Waals surface area contributed by atoms with Gasteiger partial charge in [-0.3, -0.25) is 4.90 Å². The highest BCUT2D eigenvalue weighted by atomic mass is 32.1. The van der Waals surface area contributed by atoms with Crippen molar-refractivity contribution in [3.8, 4) is 5.75 Å². The molecule has 118 valence electrons. The van der Waals surface area contributed by atoms with E-state index in [9.17, 15) is 4.39 Å². The van der Waals surface area contributed by atoms with Gasteiger partial charge in [0.2, 0.25) is 0 Å². The van der Waals surface area contributed by atoms with Crippen molar-refractivity contribution >= 4 is 11.3 Å². The number of hydrogen-bond donors (Lipinski definition) is 1. The molecule has 0 bridgehead atoms. The van der Waals surface area contributed by atoms with Crippen molar-refractivity contribution in [1.82, 2.24) is 9.88 Å². The third-order valence-corrected chi connectivity index (χ3v) is 4.66. The van der Waals surface area contributed by atoms with Gasteiger partial charge in [-0.15, -0.1) is 11.3 Å². The predicted molar refractivity (Wildman–Crippen MR) is 83.3 cm³/mol. The summed E-state index contributed by atoms with van der Waals surface area (Å²) in [4.78, 5) is 6.89. The lowest BCUT2D eigenvalue weighted by Crippen LogP contribution is -2.21. The molecule has 0 aliphatic carbocycles. The molecule has 0 radical (unpaired) electrons. The van der Waals surface area contributed by atoms with Gasteiger partial charge in [0, 0.05) is 25.1 Å². The van der Waals surface area contributed by atoms with Gasteiger partial charge in [0.05, 0.1) is 5.69 Å². The summed E-state index contributed by atoms with van der Waals surface area (Å²) in [6, 6.07) is 5.99. The van der Waals surface area contributed by atoms with E-state index in [0.29, 0.717) is 18.3 Å². The standard InChI is InChI=1S/C16H19FN2O2S/c17-13-1-3-15(4-2-13)21-10-16-18-14(11-22-16)8-19-6-5-12(7-19)9-20/h1-4,11-12,20H,5-10H2. The van der Waals surface area contributed by atoms with Gasteiger partial charge in [-0.05, 0) is 43.1 Å². The monoisotopic (exact) mass is 322 g/mol. The normalized spacial score (nSPS) is 18.7. The molecule has 0 amide bonds. The van der Waals surface area contributed by atoms with Crippen LogP contribution in [0.4, 0.5) is 4.39 Å². The van der Waals surface area contributed by atoms with E-state index in [0.717, 1.165) is 36.8 Å². The topological polar surface area (TPSA) is 45.6 Å². The van der Waals surface area contributed by atoms with Crippen LogP contribution in [0.25, 0.3) is 0 Å². The maximum atomic E-state index is 12.8. The number of benzene rings is 1. The maximum Gasteiger partial charge on any atom is 0.140 e. The number of aliphatic hydroxyl groups excluding tert-OH is 1. The molecule has 1 aliphatic rings. The number of likely N-dealkylation sites (tertiary alicyclic amines) is 1. The smallest absolute Gasteiger partial charge is 0.140 e. The van der Waals surface area contributed by atoms with Crippen molar-refractivity contribution < 1.29 is 14.2 Å². The van der Waals surface area contributed by atoms with E-state index < -0.39 is 0 Å².